The predicted molar refractivity (Wildman–Crippen MR) is 77.3 cm³/mol. The molecule has 5 heteroatoms. The highest BCUT2D eigenvalue weighted by atomic mass is 16.5. The van der Waals surface area contributed by atoms with Crippen molar-refractivity contribution in [1.29, 1.82) is 0 Å². The largest absolute Gasteiger partial charge is 0.490 e. The molecule has 1 heterocycles. The van der Waals surface area contributed by atoms with Crippen molar-refractivity contribution in [3.05, 3.63) is 6.33 Å². The van der Waals surface area contributed by atoms with Gasteiger partial charge in [-0.3, -0.25) is 0 Å². The molecule has 1 aliphatic rings. The van der Waals surface area contributed by atoms with E-state index < -0.39 is 0 Å². The smallest absolute Gasteiger partial charge is 0.203 e. The van der Waals surface area contributed by atoms with Gasteiger partial charge in [-0.1, -0.05) is 26.2 Å². The standard InChI is InChI=1S/C14H24N4O/c1-3-11(10-7-5-4-6-8-10)18-14-12(19-2)13(15)16-9-17-14/h9-11H,3-8H2,1-2H3,(H3,15,16,17,18). The zero-order valence-corrected chi connectivity index (χ0v) is 11.9. The highest BCUT2D eigenvalue weighted by Crippen LogP contribution is 2.32. The summed E-state index contributed by atoms with van der Waals surface area (Å²) in [6, 6.07) is 0.434. The monoisotopic (exact) mass is 264 g/mol. The third kappa shape index (κ3) is 3.28. The summed E-state index contributed by atoms with van der Waals surface area (Å²) < 4.78 is 5.30. The van der Waals surface area contributed by atoms with Crippen molar-refractivity contribution in [2.75, 3.05) is 18.2 Å². The minimum Gasteiger partial charge on any atom is -0.490 e. The second kappa shape index (κ2) is 6.59. The Labute approximate surface area is 115 Å². The SMILES string of the molecule is CCC(Nc1ncnc(N)c1OC)C1CCCCC1. The first-order chi connectivity index (χ1) is 9.26. The molecule has 1 aromatic heterocycles. The van der Waals surface area contributed by atoms with Gasteiger partial charge in [0, 0.05) is 6.04 Å². The molecule has 0 amide bonds. The molecule has 1 atom stereocenters. The zero-order chi connectivity index (χ0) is 13.7. The summed E-state index contributed by atoms with van der Waals surface area (Å²) in [7, 11) is 1.60. The van der Waals surface area contributed by atoms with E-state index in [2.05, 4.69) is 22.2 Å². The third-order valence-electron chi connectivity index (χ3n) is 4.02. The molecule has 0 saturated heterocycles. The van der Waals surface area contributed by atoms with Gasteiger partial charge in [0.1, 0.15) is 6.33 Å². The molecule has 0 aromatic carbocycles. The molecule has 0 aliphatic heterocycles. The van der Waals surface area contributed by atoms with Crippen LogP contribution in [0.5, 0.6) is 5.75 Å². The van der Waals surface area contributed by atoms with E-state index in [0.29, 0.717) is 23.4 Å². The molecular weight excluding hydrogens is 240 g/mol. The van der Waals surface area contributed by atoms with E-state index >= 15 is 0 Å². The van der Waals surface area contributed by atoms with E-state index in [1.165, 1.54) is 38.4 Å². The summed E-state index contributed by atoms with van der Waals surface area (Å²) in [5, 5.41) is 3.50. The lowest BCUT2D eigenvalue weighted by Gasteiger charge is -2.31. The molecule has 3 N–H and O–H groups in total. The quantitative estimate of drug-likeness (QED) is 0.855. The number of anilines is 2. The molecule has 19 heavy (non-hydrogen) atoms. The number of nitrogens with one attached hydrogen (secondary N) is 1. The summed E-state index contributed by atoms with van der Waals surface area (Å²) in [6.07, 6.45) is 9.21. The Hall–Kier alpha value is -1.52. The van der Waals surface area contributed by atoms with Crippen molar-refractivity contribution < 1.29 is 4.74 Å². The maximum atomic E-state index is 5.81. The molecule has 1 unspecified atom stereocenters. The average molecular weight is 264 g/mol. The van der Waals surface area contributed by atoms with Gasteiger partial charge in [0.05, 0.1) is 7.11 Å². The van der Waals surface area contributed by atoms with Crippen LogP contribution in [0.2, 0.25) is 0 Å². The number of ether oxygens (including phenoxy) is 1. The molecule has 5 nitrogen and oxygen atoms in total. The zero-order valence-electron chi connectivity index (χ0n) is 11.9. The first-order valence-electron chi connectivity index (χ1n) is 7.17. The Morgan fingerprint density at radius 3 is 2.74 bits per heavy atom. The van der Waals surface area contributed by atoms with Gasteiger partial charge in [-0.2, -0.15) is 0 Å². The first kappa shape index (κ1) is 13.9. The average Bonchev–Trinajstić information content (AvgIpc) is 2.46. The third-order valence-corrected chi connectivity index (χ3v) is 4.02. The first-order valence-corrected chi connectivity index (χ1v) is 7.17. The Kier molecular flexibility index (Phi) is 4.82. The Morgan fingerprint density at radius 1 is 1.37 bits per heavy atom. The van der Waals surface area contributed by atoms with Crippen LogP contribution >= 0.6 is 0 Å². The molecular formula is C14H24N4O. The Balaban J connectivity index is 2.11. The normalized spacial score (nSPS) is 18.0. The lowest BCUT2D eigenvalue weighted by atomic mass is 9.83. The second-order valence-electron chi connectivity index (χ2n) is 5.20. The van der Waals surface area contributed by atoms with Crippen LogP contribution < -0.4 is 15.8 Å². The van der Waals surface area contributed by atoms with Crippen LogP contribution in [0.25, 0.3) is 0 Å². The van der Waals surface area contributed by atoms with Gasteiger partial charge in [0.15, 0.2) is 11.6 Å². The van der Waals surface area contributed by atoms with Gasteiger partial charge in [-0.05, 0) is 25.2 Å². The number of nitrogens with two attached hydrogens (primary N) is 1. The number of aromatic nitrogens is 2. The minimum atomic E-state index is 0.387. The second-order valence-corrected chi connectivity index (χ2v) is 5.20. The lowest BCUT2D eigenvalue weighted by molar-refractivity contribution is 0.311. The minimum absolute atomic E-state index is 0.387. The van der Waals surface area contributed by atoms with E-state index in [4.69, 9.17) is 10.5 Å². The van der Waals surface area contributed by atoms with Crippen molar-refractivity contribution in [1.82, 2.24) is 9.97 Å². The molecule has 1 saturated carbocycles. The van der Waals surface area contributed by atoms with Crippen LogP contribution in [0.15, 0.2) is 6.33 Å². The number of nitrogen functional groups attached to an aromatic ring is 1. The summed E-state index contributed by atoms with van der Waals surface area (Å²) in [6.45, 7) is 2.21. The number of hydrogen-bond donors (Lipinski definition) is 2. The molecule has 2 rings (SSSR count). The van der Waals surface area contributed by atoms with Gasteiger partial charge in [-0.25, -0.2) is 9.97 Å². The van der Waals surface area contributed by atoms with E-state index in [1.54, 1.807) is 7.11 Å². The van der Waals surface area contributed by atoms with E-state index in [0.717, 1.165) is 12.3 Å². The summed E-state index contributed by atoms with van der Waals surface area (Å²) in [5.74, 6) is 2.38. The van der Waals surface area contributed by atoms with Gasteiger partial charge >= 0.3 is 0 Å². The topological polar surface area (TPSA) is 73.1 Å². The molecule has 1 aliphatic carbocycles. The highest BCUT2D eigenvalue weighted by molar-refractivity contribution is 5.61. The fourth-order valence-electron chi connectivity index (χ4n) is 2.96. The molecule has 106 valence electrons. The number of hydrogen-bond acceptors (Lipinski definition) is 5. The van der Waals surface area contributed by atoms with Gasteiger partial charge in [-0.15, -0.1) is 0 Å². The molecule has 0 radical (unpaired) electrons. The van der Waals surface area contributed by atoms with Crippen molar-refractivity contribution in [2.45, 2.75) is 51.5 Å². The van der Waals surface area contributed by atoms with Crippen molar-refractivity contribution >= 4 is 11.6 Å². The summed E-state index contributed by atoms with van der Waals surface area (Å²) in [4.78, 5) is 8.22. The summed E-state index contributed by atoms with van der Waals surface area (Å²) in [5.41, 5.74) is 5.81. The highest BCUT2D eigenvalue weighted by Gasteiger charge is 2.23. The Bertz CT molecular complexity index is 404. The van der Waals surface area contributed by atoms with Crippen LogP contribution in [-0.4, -0.2) is 23.1 Å². The number of rotatable bonds is 5. The maximum absolute atomic E-state index is 5.81. The predicted octanol–water partition coefficient (Wildman–Crippen LogP) is 2.84. The lowest BCUT2D eigenvalue weighted by Crippen LogP contribution is -2.30. The fraction of sp³-hybridized carbons (Fsp3) is 0.714. The van der Waals surface area contributed by atoms with Crippen LogP contribution in [0.1, 0.15) is 45.4 Å². The van der Waals surface area contributed by atoms with E-state index in [-0.39, 0.29) is 0 Å². The van der Waals surface area contributed by atoms with Crippen LogP contribution in [0.3, 0.4) is 0 Å². The van der Waals surface area contributed by atoms with Crippen LogP contribution in [0, 0.1) is 5.92 Å². The van der Waals surface area contributed by atoms with Crippen molar-refractivity contribution in [2.24, 2.45) is 5.92 Å². The molecule has 0 bridgehead atoms. The van der Waals surface area contributed by atoms with E-state index in [9.17, 15) is 0 Å². The van der Waals surface area contributed by atoms with Crippen LogP contribution in [0.4, 0.5) is 11.6 Å². The molecule has 1 aromatic rings. The molecule has 0 spiro atoms. The van der Waals surface area contributed by atoms with Crippen molar-refractivity contribution in [3.8, 4) is 5.75 Å². The van der Waals surface area contributed by atoms with Gasteiger partial charge in [0.2, 0.25) is 5.75 Å². The van der Waals surface area contributed by atoms with Gasteiger partial charge < -0.3 is 15.8 Å². The van der Waals surface area contributed by atoms with Gasteiger partial charge in [0.25, 0.3) is 0 Å². The number of methoxy groups -OCH3 is 1. The number of nitrogens with zero attached hydrogens (tertiary/aromatic N) is 2. The van der Waals surface area contributed by atoms with E-state index in [1.807, 2.05) is 0 Å². The Morgan fingerprint density at radius 2 is 2.11 bits per heavy atom. The fourth-order valence-corrected chi connectivity index (χ4v) is 2.96. The molecule has 1 fully saturated rings. The van der Waals surface area contributed by atoms with Crippen LogP contribution in [-0.2, 0) is 0 Å². The summed E-state index contributed by atoms with van der Waals surface area (Å²) >= 11 is 0. The van der Waals surface area contributed by atoms with Crippen molar-refractivity contribution in [3.63, 3.8) is 0 Å². The maximum Gasteiger partial charge on any atom is 0.203 e.